The van der Waals surface area contributed by atoms with Gasteiger partial charge >= 0.3 is 11.9 Å². The number of rotatable bonds is 14. The van der Waals surface area contributed by atoms with Gasteiger partial charge in [0, 0.05) is 0 Å². The highest BCUT2D eigenvalue weighted by molar-refractivity contribution is 7.87. The first-order chi connectivity index (χ1) is 11.3. The van der Waals surface area contributed by atoms with E-state index >= 15 is 0 Å². The van der Waals surface area contributed by atoms with Gasteiger partial charge in [-0.3, -0.25) is 9.59 Å². The Labute approximate surface area is 144 Å². The van der Waals surface area contributed by atoms with E-state index in [4.69, 9.17) is 9.47 Å². The Bertz CT molecular complexity index is 459. The molecule has 0 heterocycles. The van der Waals surface area contributed by atoms with E-state index in [9.17, 15) is 22.6 Å². The van der Waals surface area contributed by atoms with Crippen molar-refractivity contribution in [3.05, 3.63) is 0 Å². The van der Waals surface area contributed by atoms with Gasteiger partial charge < -0.3 is 14.0 Å². The third-order valence-corrected chi connectivity index (χ3v) is 4.52. The van der Waals surface area contributed by atoms with Crippen molar-refractivity contribution < 1.29 is 32.0 Å². The lowest BCUT2D eigenvalue weighted by atomic mass is 10.2. The van der Waals surface area contributed by atoms with E-state index in [1.54, 1.807) is 0 Å². The molecule has 0 aliphatic carbocycles. The Balaban J connectivity index is 4.31. The second-order valence-corrected chi connectivity index (χ2v) is 7.25. The molecule has 0 saturated heterocycles. The molecule has 0 aromatic carbocycles. The molecule has 0 spiro atoms. The van der Waals surface area contributed by atoms with E-state index in [1.807, 2.05) is 13.8 Å². The van der Waals surface area contributed by atoms with Crippen LogP contribution in [0.1, 0.15) is 71.6 Å². The summed E-state index contributed by atoms with van der Waals surface area (Å²) in [5.74, 6) is -2.05. The third kappa shape index (κ3) is 11.4. The van der Waals surface area contributed by atoms with Gasteiger partial charge in [0.1, 0.15) is 10.1 Å². The van der Waals surface area contributed by atoms with E-state index in [2.05, 4.69) is 0 Å². The average Bonchev–Trinajstić information content (AvgIpc) is 2.51. The molecule has 0 amide bonds. The molecule has 1 atom stereocenters. The van der Waals surface area contributed by atoms with Crippen LogP contribution in [0.25, 0.3) is 0 Å². The fraction of sp³-hybridized carbons (Fsp3) is 0.875. The highest BCUT2D eigenvalue weighted by Gasteiger charge is 2.30. The zero-order valence-corrected chi connectivity index (χ0v) is 15.4. The number of esters is 2. The van der Waals surface area contributed by atoms with Crippen molar-refractivity contribution in [2.24, 2.45) is 0 Å². The summed E-state index contributed by atoms with van der Waals surface area (Å²) < 4.78 is 43.3. The van der Waals surface area contributed by atoms with Crippen LogP contribution in [-0.4, -0.2) is 43.4 Å². The first kappa shape index (κ1) is 22.9. The third-order valence-electron chi connectivity index (χ3n) is 3.47. The van der Waals surface area contributed by atoms with E-state index in [1.165, 1.54) is 0 Å². The smallest absolute Gasteiger partial charge is 0.323 e. The normalized spacial score (nSPS) is 12.6. The fourth-order valence-electron chi connectivity index (χ4n) is 2.02. The minimum Gasteiger partial charge on any atom is -0.747 e. The van der Waals surface area contributed by atoms with Crippen LogP contribution >= 0.6 is 0 Å². The van der Waals surface area contributed by atoms with Crippen molar-refractivity contribution in [1.82, 2.24) is 0 Å². The first-order valence-electron chi connectivity index (χ1n) is 8.59. The molecule has 0 aliphatic heterocycles. The fourth-order valence-corrected chi connectivity index (χ4v) is 2.67. The molecule has 0 N–H and O–H groups in total. The van der Waals surface area contributed by atoms with Gasteiger partial charge in [-0.1, -0.05) is 52.4 Å². The van der Waals surface area contributed by atoms with Crippen molar-refractivity contribution >= 4 is 22.1 Å². The quantitative estimate of drug-likeness (QED) is 0.264. The topological polar surface area (TPSA) is 110 Å². The number of ether oxygens (including phenoxy) is 2. The van der Waals surface area contributed by atoms with Gasteiger partial charge in [0.05, 0.1) is 19.6 Å². The Morgan fingerprint density at radius 1 is 0.875 bits per heavy atom. The van der Waals surface area contributed by atoms with Gasteiger partial charge in [0.2, 0.25) is 0 Å². The van der Waals surface area contributed by atoms with Crippen LogP contribution in [0.15, 0.2) is 0 Å². The largest absolute Gasteiger partial charge is 0.747 e. The molecule has 7 nitrogen and oxygen atoms in total. The minimum atomic E-state index is -4.97. The molecular formula is C16H29O7S-. The molecule has 0 saturated carbocycles. The maximum Gasteiger partial charge on any atom is 0.323 e. The van der Waals surface area contributed by atoms with Crippen LogP contribution in [0.2, 0.25) is 0 Å². The Morgan fingerprint density at radius 2 is 1.38 bits per heavy atom. The second kappa shape index (κ2) is 13.2. The van der Waals surface area contributed by atoms with Crippen LogP contribution in [-0.2, 0) is 29.2 Å². The maximum atomic E-state index is 11.8. The molecule has 0 aliphatic rings. The van der Waals surface area contributed by atoms with Crippen LogP contribution in [0.5, 0.6) is 0 Å². The van der Waals surface area contributed by atoms with Crippen LogP contribution in [0, 0.1) is 0 Å². The van der Waals surface area contributed by atoms with E-state index in [0.717, 1.165) is 38.5 Å². The zero-order valence-electron chi connectivity index (χ0n) is 14.6. The van der Waals surface area contributed by atoms with Gasteiger partial charge in [0.15, 0.2) is 5.25 Å². The van der Waals surface area contributed by atoms with Crippen molar-refractivity contribution in [2.75, 3.05) is 13.2 Å². The van der Waals surface area contributed by atoms with E-state index in [0.29, 0.717) is 12.8 Å². The number of hydrogen-bond acceptors (Lipinski definition) is 7. The summed E-state index contributed by atoms with van der Waals surface area (Å²) in [6, 6.07) is 0. The first-order valence-corrected chi connectivity index (χ1v) is 10.1. The summed E-state index contributed by atoms with van der Waals surface area (Å²) in [6.45, 7) is 4.26. The predicted molar refractivity (Wildman–Crippen MR) is 88.3 cm³/mol. The highest BCUT2D eigenvalue weighted by atomic mass is 32.2. The van der Waals surface area contributed by atoms with Gasteiger partial charge in [0.25, 0.3) is 0 Å². The van der Waals surface area contributed by atoms with Gasteiger partial charge in [-0.2, -0.15) is 0 Å². The summed E-state index contributed by atoms with van der Waals surface area (Å²) in [5, 5.41) is -2.04. The number of unbranched alkanes of at least 4 members (excludes halogenated alkanes) is 6. The number of hydrogen-bond donors (Lipinski definition) is 0. The van der Waals surface area contributed by atoms with Crippen molar-refractivity contribution in [3.8, 4) is 0 Å². The van der Waals surface area contributed by atoms with Gasteiger partial charge in [-0.05, 0) is 12.8 Å². The predicted octanol–water partition coefficient (Wildman–Crippen LogP) is 2.54. The number of carbonyl (C=O) groups is 2. The standard InChI is InChI=1S/C16H30O7S/c1-3-5-7-9-11-22-15(17)13-14(24(19,20)21)16(18)23-12-10-8-6-4-2/h14H,3-13H2,1-2H3,(H,19,20,21)/p-1/t14-/m1/s1. The average molecular weight is 365 g/mol. The molecule has 0 radical (unpaired) electrons. The van der Waals surface area contributed by atoms with Gasteiger partial charge in [-0.15, -0.1) is 0 Å². The lowest BCUT2D eigenvalue weighted by molar-refractivity contribution is -0.150. The maximum absolute atomic E-state index is 11.8. The summed E-state index contributed by atoms with van der Waals surface area (Å²) in [6.07, 6.45) is 6.23. The summed E-state index contributed by atoms with van der Waals surface area (Å²) >= 11 is 0. The Kier molecular flexibility index (Phi) is 12.5. The van der Waals surface area contributed by atoms with Crippen LogP contribution in [0.4, 0.5) is 0 Å². The molecule has 0 aromatic rings. The van der Waals surface area contributed by atoms with Crippen LogP contribution in [0.3, 0.4) is 0 Å². The van der Waals surface area contributed by atoms with Crippen molar-refractivity contribution in [2.45, 2.75) is 76.9 Å². The summed E-state index contributed by atoms with van der Waals surface area (Å²) in [4.78, 5) is 23.4. The molecule has 0 fully saturated rings. The molecule has 0 rings (SSSR count). The minimum absolute atomic E-state index is 0.0386. The number of carbonyl (C=O) groups excluding carboxylic acids is 2. The molecule has 8 heteroatoms. The molecular weight excluding hydrogens is 336 g/mol. The molecule has 0 bridgehead atoms. The molecule has 0 aromatic heterocycles. The van der Waals surface area contributed by atoms with Crippen molar-refractivity contribution in [3.63, 3.8) is 0 Å². The molecule has 142 valence electrons. The molecule has 24 heavy (non-hydrogen) atoms. The van der Waals surface area contributed by atoms with Gasteiger partial charge in [-0.25, -0.2) is 8.42 Å². The van der Waals surface area contributed by atoms with E-state index in [-0.39, 0.29) is 13.2 Å². The second-order valence-electron chi connectivity index (χ2n) is 5.69. The van der Waals surface area contributed by atoms with Crippen LogP contribution < -0.4 is 0 Å². The zero-order chi connectivity index (χ0) is 18.4. The Hall–Kier alpha value is -1.15. The highest BCUT2D eigenvalue weighted by Crippen LogP contribution is 2.10. The lowest BCUT2D eigenvalue weighted by Crippen LogP contribution is -2.34. The summed E-state index contributed by atoms with van der Waals surface area (Å²) in [5.41, 5.74) is 0. The monoisotopic (exact) mass is 365 g/mol. The molecule has 0 unspecified atom stereocenters. The SMILES string of the molecule is CCCCCCOC(=O)C[C@H](C(=O)OCCCCCC)S(=O)(=O)[O-]. The lowest BCUT2D eigenvalue weighted by Gasteiger charge is -2.18. The van der Waals surface area contributed by atoms with Crippen molar-refractivity contribution in [1.29, 1.82) is 0 Å². The van der Waals surface area contributed by atoms with E-state index < -0.39 is 33.7 Å². The Morgan fingerprint density at radius 3 is 1.83 bits per heavy atom. The summed E-state index contributed by atoms with van der Waals surface area (Å²) in [7, 11) is -4.97.